The third-order valence-corrected chi connectivity index (χ3v) is 6.54. The monoisotopic (exact) mass is 414 g/mol. The first-order chi connectivity index (χ1) is 14.3. The van der Waals surface area contributed by atoms with Crippen molar-refractivity contribution >= 4 is 23.6 Å². The molecule has 3 atom stereocenters. The summed E-state index contributed by atoms with van der Waals surface area (Å²) in [4.78, 5) is 53.2. The van der Waals surface area contributed by atoms with E-state index in [9.17, 15) is 19.2 Å². The molecule has 2 fully saturated rings. The minimum atomic E-state index is -0.970. The highest BCUT2D eigenvalue weighted by atomic mass is 16.5. The molecule has 9 heteroatoms. The summed E-state index contributed by atoms with van der Waals surface area (Å²) in [6.07, 6.45) is 1.06. The van der Waals surface area contributed by atoms with Crippen LogP contribution in [0.3, 0.4) is 0 Å². The molecule has 1 aromatic rings. The first-order valence-corrected chi connectivity index (χ1v) is 10.1. The quantitative estimate of drug-likeness (QED) is 0.652. The summed E-state index contributed by atoms with van der Waals surface area (Å²) in [6, 6.07) is 4.21. The highest BCUT2D eigenvalue weighted by Gasteiger charge is 2.47. The molecule has 1 aromatic carbocycles. The Kier molecular flexibility index (Phi) is 5.21. The molecular weight excluding hydrogens is 388 g/mol. The zero-order chi connectivity index (χ0) is 21.6. The maximum absolute atomic E-state index is 13.3. The molecule has 4 amide bonds. The van der Waals surface area contributed by atoms with Gasteiger partial charge in [-0.2, -0.15) is 0 Å². The Bertz CT molecular complexity index is 932. The van der Waals surface area contributed by atoms with Gasteiger partial charge < -0.3 is 10.5 Å². The van der Waals surface area contributed by atoms with E-state index in [0.29, 0.717) is 30.8 Å². The molecule has 0 aliphatic carbocycles. The Morgan fingerprint density at radius 3 is 2.67 bits per heavy atom. The molecule has 0 bridgehead atoms. The predicted molar refractivity (Wildman–Crippen MR) is 106 cm³/mol. The number of likely N-dealkylation sites (tertiary alicyclic amines) is 1. The lowest BCUT2D eigenvalue weighted by molar-refractivity contribution is -0.136. The molecule has 3 N–H and O–H groups in total. The highest BCUT2D eigenvalue weighted by Crippen LogP contribution is 2.35. The Morgan fingerprint density at radius 2 is 2.00 bits per heavy atom. The molecule has 3 heterocycles. The van der Waals surface area contributed by atoms with Crippen LogP contribution >= 0.6 is 0 Å². The van der Waals surface area contributed by atoms with E-state index in [1.165, 1.54) is 0 Å². The van der Waals surface area contributed by atoms with Gasteiger partial charge in [0.15, 0.2) is 0 Å². The highest BCUT2D eigenvalue weighted by molar-refractivity contribution is 6.24. The van der Waals surface area contributed by atoms with Crippen LogP contribution in [-0.4, -0.2) is 71.3 Å². The molecule has 30 heavy (non-hydrogen) atoms. The maximum Gasteiger partial charge on any atom is 0.262 e. The van der Waals surface area contributed by atoms with Crippen LogP contribution in [0.5, 0.6) is 0 Å². The van der Waals surface area contributed by atoms with Crippen molar-refractivity contribution < 1.29 is 23.9 Å². The van der Waals surface area contributed by atoms with Crippen molar-refractivity contribution in [2.75, 3.05) is 20.2 Å². The number of rotatable bonds is 5. The van der Waals surface area contributed by atoms with Crippen LogP contribution in [0.25, 0.3) is 0 Å². The second-order valence-electron chi connectivity index (χ2n) is 8.43. The second kappa shape index (κ2) is 7.57. The number of piperidine rings is 1. The van der Waals surface area contributed by atoms with Gasteiger partial charge in [-0.05, 0) is 31.4 Å². The smallest absolute Gasteiger partial charge is 0.262 e. The van der Waals surface area contributed by atoms with Gasteiger partial charge in [-0.1, -0.05) is 12.1 Å². The third-order valence-electron chi connectivity index (χ3n) is 6.54. The van der Waals surface area contributed by atoms with Crippen molar-refractivity contribution in [3.63, 3.8) is 0 Å². The van der Waals surface area contributed by atoms with Crippen LogP contribution in [0.4, 0.5) is 0 Å². The van der Waals surface area contributed by atoms with Crippen molar-refractivity contribution in [1.82, 2.24) is 15.1 Å². The number of amides is 4. The average Bonchev–Trinajstić information content (AvgIpc) is 3.18. The molecule has 3 aliphatic heterocycles. The zero-order valence-electron chi connectivity index (χ0n) is 17.1. The SMILES string of the molecule is COC1CN(Cc2cccc3c2C(=O)N(C2CCC(=O)NC2=O)C3=O)C(C)(CN)C1. The molecule has 0 radical (unpaired) electrons. The molecule has 9 nitrogen and oxygen atoms in total. The van der Waals surface area contributed by atoms with Gasteiger partial charge in [-0.3, -0.25) is 34.3 Å². The summed E-state index contributed by atoms with van der Waals surface area (Å²) in [6.45, 7) is 3.63. The van der Waals surface area contributed by atoms with Crippen molar-refractivity contribution in [3.8, 4) is 0 Å². The van der Waals surface area contributed by atoms with E-state index in [4.69, 9.17) is 10.5 Å². The van der Waals surface area contributed by atoms with Crippen LogP contribution in [0, 0.1) is 0 Å². The number of imide groups is 2. The van der Waals surface area contributed by atoms with Gasteiger partial charge in [0.1, 0.15) is 6.04 Å². The summed E-state index contributed by atoms with van der Waals surface area (Å²) in [5.74, 6) is -1.99. The standard InChI is InChI=1S/C21H26N4O5/c1-21(11-22)8-13(30-2)10-24(21)9-12-4-3-5-14-17(12)20(29)25(19(14)28)15-6-7-16(26)23-18(15)27/h3-5,13,15H,6-11,22H2,1-2H3,(H,23,26,27). The van der Waals surface area contributed by atoms with Crippen LogP contribution in [0.1, 0.15) is 52.5 Å². The van der Waals surface area contributed by atoms with E-state index in [2.05, 4.69) is 17.1 Å². The fourth-order valence-corrected chi connectivity index (χ4v) is 4.70. The number of hydrogen-bond donors (Lipinski definition) is 2. The van der Waals surface area contributed by atoms with Gasteiger partial charge in [0, 0.05) is 38.7 Å². The normalized spacial score (nSPS) is 29.5. The number of fused-ring (bicyclic) bond motifs is 1. The summed E-state index contributed by atoms with van der Waals surface area (Å²) in [7, 11) is 1.67. The minimum Gasteiger partial charge on any atom is -0.380 e. The second-order valence-corrected chi connectivity index (χ2v) is 8.43. The zero-order valence-corrected chi connectivity index (χ0v) is 17.1. The molecule has 3 unspecified atom stereocenters. The number of nitrogens with two attached hydrogens (primary N) is 1. The fraction of sp³-hybridized carbons (Fsp3) is 0.524. The van der Waals surface area contributed by atoms with Crippen molar-refractivity contribution in [1.29, 1.82) is 0 Å². The molecule has 4 rings (SSSR count). The summed E-state index contributed by atoms with van der Waals surface area (Å²) < 4.78 is 5.53. The number of ether oxygens (including phenoxy) is 1. The molecule has 0 aromatic heterocycles. The van der Waals surface area contributed by atoms with E-state index in [0.717, 1.165) is 16.9 Å². The Morgan fingerprint density at radius 1 is 1.23 bits per heavy atom. The Balaban J connectivity index is 1.64. The molecule has 0 saturated carbocycles. The van der Waals surface area contributed by atoms with Crippen LogP contribution in [0.2, 0.25) is 0 Å². The number of carbonyl (C=O) groups is 4. The summed E-state index contributed by atoms with van der Waals surface area (Å²) in [5.41, 5.74) is 7.10. The van der Waals surface area contributed by atoms with Crippen molar-refractivity contribution in [2.45, 2.75) is 50.4 Å². The van der Waals surface area contributed by atoms with Crippen molar-refractivity contribution in [2.24, 2.45) is 5.73 Å². The largest absolute Gasteiger partial charge is 0.380 e. The van der Waals surface area contributed by atoms with Crippen molar-refractivity contribution in [3.05, 3.63) is 34.9 Å². The number of nitrogens with one attached hydrogen (secondary N) is 1. The fourth-order valence-electron chi connectivity index (χ4n) is 4.70. The summed E-state index contributed by atoms with van der Waals surface area (Å²) >= 11 is 0. The maximum atomic E-state index is 13.3. The lowest BCUT2D eigenvalue weighted by Crippen LogP contribution is -2.54. The average molecular weight is 414 g/mol. The van der Waals surface area contributed by atoms with Gasteiger partial charge in [-0.25, -0.2) is 0 Å². The van der Waals surface area contributed by atoms with Gasteiger partial charge >= 0.3 is 0 Å². The van der Waals surface area contributed by atoms with Crippen LogP contribution in [0.15, 0.2) is 18.2 Å². The van der Waals surface area contributed by atoms with E-state index in [1.54, 1.807) is 19.2 Å². The Hall–Kier alpha value is -2.62. The lowest BCUT2D eigenvalue weighted by Gasteiger charge is -2.34. The molecule has 3 aliphatic rings. The predicted octanol–water partition coefficient (Wildman–Crippen LogP) is 0.0259. The third kappa shape index (κ3) is 3.23. The Labute approximate surface area is 174 Å². The van der Waals surface area contributed by atoms with E-state index < -0.39 is 29.7 Å². The molecular formula is C21H26N4O5. The van der Waals surface area contributed by atoms with Gasteiger partial charge in [0.2, 0.25) is 11.8 Å². The first kappa shape index (κ1) is 20.6. The molecule has 0 spiro atoms. The number of nitrogens with zero attached hydrogens (tertiary/aromatic N) is 2. The number of benzene rings is 1. The molecule has 160 valence electrons. The number of hydrogen-bond acceptors (Lipinski definition) is 7. The first-order valence-electron chi connectivity index (χ1n) is 10.1. The topological polar surface area (TPSA) is 122 Å². The summed E-state index contributed by atoms with van der Waals surface area (Å²) in [5, 5.41) is 2.22. The van der Waals surface area contributed by atoms with Gasteiger partial charge in [0.05, 0.1) is 17.2 Å². The number of carbonyl (C=O) groups excluding carboxylic acids is 4. The molecule has 2 saturated heterocycles. The minimum absolute atomic E-state index is 0.0487. The van der Waals surface area contributed by atoms with E-state index in [-0.39, 0.29) is 24.5 Å². The van der Waals surface area contributed by atoms with Crippen LogP contribution in [-0.2, 0) is 20.9 Å². The van der Waals surface area contributed by atoms with E-state index in [1.807, 2.05) is 6.07 Å². The lowest BCUT2D eigenvalue weighted by atomic mass is 9.96. The van der Waals surface area contributed by atoms with Gasteiger partial charge in [0.25, 0.3) is 11.8 Å². The van der Waals surface area contributed by atoms with Gasteiger partial charge in [-0.15, -0.1) is 0 Å². The van der Waals surface area contributed by atoms with Crippen LogP contribution < -0.4 is 11.1 Å². The van der Waals surface area contributed by atoms with E-state index >= 15 is 0 Å². The number of methoxy groups -OCH3 is 1.